The van der Waals surface area contributed by atoms with Gasteiger partial charge in [-0.05, 0) is 45.9 Å². The molecule has 0 bridgehead atoms. The molecule has 6 nitrogen and oxygen atoms in total. The van der Waals surface area contributed by atoms with Gasteiger partial charge in [-0.2, -0.15) is 5.10 Å². The van der Waals surface area contributed by atoms with Gasteiger partial charge in [0.25, 0.3) is 0 Å². The second-order valence-corrected chi connectivity index (χ2v) is 6.42. The molecule has 2 atom stereocenters. The molecule has 1 fully saturated rings. The molecule has 0 radical (unpaired) electrons. The summed E-state index contributed by atoms with van der Waals surface area (Å²) in [4.78, 5) is 14.3. The molecule has 2 amide bonds. The minimum Gasteiger partial charge on any atom is -0.375 e. The molecule has 124 valence electrons. The number of hydrogen-bond donors (Lipinski definition) is 1. The maximum atomic E-state index is 12.5. The molecule has 0 spiro atoms. The number of hydrogen-bond acceptors (Lipinski definition) is 3. The zero-order valence-corrected chi connectivity index (χ0v) is 14.1. The molecule has 0 saturated carbocycles. The Morgan fingerprint density at radius 2 is 2.17 bits per heavy atom. The summed E-state index contributed by atoms with van der Waals surface area (Å²) >= 11 is 0. The third kappa shape index (κ3) is 3.17. The average Bonchev–Trinajstić information content (AvgIpc) is 2.93. The van der Waals surface area contributed by atoms with E-state index in [0.29, 0.717) is 19.2 Å². The lowest BCUT2D eigenvalue weighted by Gasteiger charge is -2.37. The first-order chi connectivity index (χ1) is 11.0. The van der Waals surface area contributed by atoms with Crippen molar-refractivity contribution in [1.29, 1.82) is 0 Å². The zero-order chi connectivity index (χ0) is 16.6. The monoisotopic (exact) mass is 316 g/mol. The summed E-state index contributed by atoms with van der Waals surface area (Å²) in [6.45, 7) is 9.39. The van der Waals surface area contributed by atoms with Crippen molar-refractivity contribution >= 4 is 22.6 Å². The number of carbonyl (C=O) groups is 1. The highest BCUT2D eigenvalue weighted by molar-refractivity contribution is 5.92. The van der Waals surface area contributed by atoms with Crippen molar-refractivity contribution in [2.75, 3.05) is 18.5 Å². The van der Waals surface area contributed by atoms with Crippen LogP contribution in [-0.2, 0) is 4.74 Å². The molecular formula is C17H24N4O2. The van der Waals surface area contributed by atoms with Gasteiger partial charge in [0.2, 0.25) is 0 Å². The Bertz CT molecular complexity index is 710. The van der Waals surface area contributed by atoms with Crippen LogP contribution in [0.3, 0.4) is 0 Å². The molecule has 1 aliphatic rings. The van der Waals surface area contributed by atoms with E-state index in [2.05, 4.69) is 24.3 Å². The smallest absolute Gasteiger partial charge is 0.322 e. The number of carbonyl (C=O) groups excluding carboxylic acids is 1. The number of nitrogens with one attached hydrogen (secondary N) is 1. The molecule has 1 aromatic heterocycles. The summed E-state index contributed by atoms with van der Waals surface area (Å²) in [5, 5.41) is 8.54. The molecule has 0 aliphatic carbocycles. The second kappa shape index (κ2) is 6.20. The van der Waals surface area contributed by atoms with Gasteiger partial charge in [0.1, 0.15) is 0 Å². The minimum atomic E-state index is -0.0803. The fraction of sp³-hybridized carbons (Fsp3) is 0.529. The molecule has 2 heterocycles. The number of fused-ring (bicyclic) bond motifs is 1. The molecular weight excluding hydrogens is 292 g/mol. The number of benzene rings is 1. The van der Waals surface area contributed by atoms with Crippen molar-refractivity contribution in [2.24, 2.45) is 0 Å². The first-order valence-electron chi connectivity index (χ1n) is 8.14. The first kappa shape index (κ1) is 15.8. The van der Waals surface area contributed by atoms with Crippen LogP contribution < -0.4 is 5.32 Å². The molecule has 3 rings (SSSR count). The van der Waals surface area contributed by atoms with E-state index < -0.39 is 0 Å². The van der Waals surface area contributed by atoms with Crippen LogP contribution in [0.1, 0.15) is 33.7 Å². The van der Waals surface area contributed by atoms with Crippen LogP contribution >= 0.6 is 0 Å². The Hall–Kier alpha value is -2.08. The van der Waals surface area contributed by atoms with Gasteiger partial charge in [0, 0.05) is 29.9 Å². The molecule has 23 heavy (non-hydrogen) atoms. The van der Waals surface area contributed by atoms with Crippen LogP contribution in [0.25, 0.3) is 10.9 Å². The van der Waals surface area contributed by atoms with E-state index in [9.17, 15) is 4.79 Å². The Kier molecular flexibility index (Phi) is 4.26. The lowest BCUT2D eigenvalue weighted by molar-refractivity contribution is -0.0355. The predicted molar refractivity (Wildman–Crippen MR) is 90.7 cm³/mol. The predicted octanol–water partition coefficient (Wildman–Crippen LogP) is 3.26. The third-order valence-corrected chi connectivity index (χ3v) is 4.45. The standard InChI is InChI=1S/C17H24N4O2/c1-11(2)21-10-14-9-15(5-6-16(14)19-21)18-17(22)20-7-8-23-13(4)12(20)3/h5-6,9-13H,7-8H2,1-4H3,(H,18,22)/t12-,13+/m1/s1. The highest BCUT2D eigenvalue weighted by Gasteiger charge is 2.29. The first-order valence-corrected chi connectivity index (χ1v) is 8.14. The van der Waals surface area contributed by atoms with E-state index in [1.807, 2.05) is 47.8 Å². The lowest BCUT2D eigenvalue weighted by atomic mass is 10.1. The van der Waals surface area contributed by atoms with Gasteiger partial charge in [0.05, 0.1) is 24.3 Å². The Morgan fingerprint density at radius 3 is 2.91 bits per heavy atom. The van der Waals surface area contributed by atoms with Gasteiger partial charge in [0.15, 0.2) is 0 Å². The molecule has 1 aliphatic heterocycles. The van der Waals surface area contributed by atoms with Gasteiger partial charge < -0.3 is 15.0 Å². The maximum absolute atomic E-state index is 12.5. The quantitative estimate of drug-likeness (QED) is 0.925. The largest absolute Gasteiger partial charge is 0.375 e. The van der Waals surface area contributed by atoms with E-state index >= 15 is 0 Å². The fourth-order valence-electron chi connectivity index (χ4n) is 2.80. The van der Waals surface area contributed by atoms with Crippen LogP contribution in [0.5, 0.6) is 0 Å². The highest BCUT2D eigenvalue weighted by atomic mass is 16.5. The van der Waals surface area contributed by atoms with Crippen molar-refractivity contribution in [2.45, 2.75) is 45.9 Å². The van der Waals surface area contributed by atoms with Crippen molar-refractivity contribution < 1.29 is 9.53 Å². The van der Waals surface area contributed by atoms with Gasteiger partial charge in [-0.3, -0.25) is 4.68 Å². The molecule has 6 heteroatoms. The molecule has 2 aromatic rings. The van der Waals surface area contributed by atoms with E-state index in [-0.39, 0.29) is 18.2 Å². The molecule has 1 aromatic carbocycles. The fourth-order valence-corrected chi connectivity index (χ4v) is 2.80. The third-order valence-electron chi connectivity index (χ3n) is 4.45. The van der Waals surface area contributed by atoms with E-state index in [1.165, 1.54) is 0 Å². The van der Waals surface area contributed by atoms with Crippen LogP contribution in [-0.4, -0.2) is 46.0 Å². The lowest BCUT2D eigenvalue weighted by Crippen LogP contribution is -2.52. The number of urea groups is 1. The Morgan fingerprint density at radius 1 is 1.39 bits per heavy atom. The van der Waals surface area contributed by atoms with Crippen LogP contribution in [0.2, 0.25) is 0 Å². The maximum Gasteiger partial charge on any atom is 0.322 e. The van der Waals surface area contributed by atoms with Gasteiger partial charge in [-0.25, -0.2) is 4.79 Å². The van der Waals surface area contributed by atoms with E-state index in [0.717, 1.165) is 16.6 Å². The van der Waals surface area contributed by atoms with E-state index in [4.69, 9.17) is 4.74 Å². The van der Waals surface area contributed by atoms with Gasteiger partial charge >= 0.3 is 6.03 Å². The van der Waals surface area contributed by atoms with Crippen LogP contribution in [0.15, 0.2) is 24.4 Å². The number of amides is 2. The number of morpholine rings is 1. The topological polar surface area (TPSA) is 59.4 Å². The zero-order valence-electron chi connectivity index (χ0n) is 14.1. The van der Waals surface area contributed by atoms with Gasteiger partial charge in [-0.1, -0.05) is 0 Å². The number of aromatic nitrogens is 2. The summed E-state index contributed by atoms with van der Waals surface area (Å²) in [6, 6.07) is 6.10. The summed E-state index contributed by atoms with van der Waals surface area (Å²) in [5.74, 6) is 0. The number of nitrogens with zero attached hydrogens (tertiary/aromatic N) is 3. The normalized spacial score (nSPS) is 21.9. The summed E-state index contributed by atoms with van der Waals surface area (Å²) in [5.41, 5.74) is 1.72. The number of ether oxygens (including phenoxy) is 1. The SMILES string of the molecule is CC(C)n1cc2cc(NC(=O)N3CCO[C@@H](C)[C@H]3C)ccc2n1. The van der Waals surface area contributed by atoms with Gasteiger partial charge in [-0.15, -0.1) is 0 Å². The summed E-state index contributed by atoms with van der Waals surface area (Å²) < 4.78 is 7.50. The minimum absolute atomic E-state index is 0.0567. The van der Waals surface area contributed by atoms with Crippen molar-refractivity contribution in [3.63, 3.8) is 0 Å². The average molecular weight is 316 g/mol. The summed E-state index contributed by atoms with van der Waals surface area (Å²) in [6.07, 6.45) is 2.07. The van der Waals surface area contributed by atoms with Crippen molar-refractivity contribution in [3.8, 4) is 0 Å². The summed E-state index contributed by atoms with van der Waals surface area (Å²) in [7, 11) is 0. The van der Waals surface area contributed by atoms with Crippen LogP contribution in [0.4, 0.5) is 10.5 Å². The van der Waals surface area contributed by atoms with E-state index in [1.54, 1.807) is 0 Å². The Labute approximate surface area is 136 Å². The van der Waals surface area contributed by atoms with Crippen LogP contribution in [0, 0.1) is 0 Å². The highest BCUT2D eigenvalue weighted by Crippen LogP contribution is 2.21. The number of rotatable bonds is 2. The van der Waals surface area contributed by atoms with Crippen molar-refractivity contribution in [3.05, 3.63) is 24.4 Å². The van der Waals surface area contributed by atoms with Crippen molar-refractivity contribution in [1.82, 2.24) is 14.7 Å². The number of anilines is 1. The Balaban J connectivity index is 1.76. The second-order valence-electron chi connectivity index (χ2n) is 6.42. The molecule has 1 saturated heterocycles. The molecule has 1 N–H and O–H groups in total. The molecule has 0 unspecified atom stereocenters.